The molecule has 0 spiro atoms. The van der Waals surface area contributed by atoms with Crippen molar-refractivity contribution in [3.8, 4) is 0 Å². The number of nitrogens with zero attached hydrogens (tertiary/aromatic N) is 1. The summed E-state index contributed by atoms with van der Waals surface area (Å²) in [6, 6.07) is -0.0499. The molecule has 4 rings (SSSR count). The topological polar surface area (TPSA) is 57.6 Å². The summed E-state index contributed by atoms with van der Waals surface area (Å²) in [5.41, 5.74) is -0.927. The minimum Gasteiger partial charge on any atom is -0.479 e. The normalized spacial score (nSPS) is 43.5. The Bertz CT molecular complexity index is 376. The van der Waals surface area contributed by atoms with Crippen molar-refractivity contribution >= 4 is 12.4 Å². The molecule has 4 heteroatoms. The van der Waals surface area contributed by atoms with Crippen molar-refractivity contribution in [1.29, 1.82) is 0 Å². The van der Waals surface area contributed by atoms with Crippen LogP contribution in [0, 0.1) is 23.7 Å². The highest BCUT2D eigenvalue weighted by atomic mass is 16.4. The Balaban J connectivity index is 2.06. The lowest BCUT2D eigenvalue weighted by atomic mass is 9.48. The average Bonchev–Trinajstić information content (AvgIpc) is 2.31. The minimum atomic E-state index is -0.927. The Kier molecular flexibility index (Phi) is 2.88. The standard InChI is InChI=1S/C15H23NO3/c1-9(2)16(8-17)15(14(18)19)12-4-10-3-11(6-12)7-13(15)5-10/h8-13H,3-7H2,1-2H3,(H,18,19). The van der Waals surface area contributed by atoms with Crippen molar-refractivity contribution in [2.75, 3.05) is 0 Å². The molecule has 0 unspecified atom stereocenters. The monoisotopic (exact) mass is 265 g/mol. The molecular formula is C15H23NO3. The molecule has 106 valence electrons. The quantitative estimate of drug-likeness (QED) is 0.792. The molecule has 0 radical (unpaired) electrons. The van der Waals surface area contributed by atoms with Gasteiger partial charge in [0, 0.05) is 6.04 Å². The molecule has 4 aliphatic rings. The Labute approximate surface area is 114 Å². The van der Waals surface area contributed by atoms with E-state index in [1.54, 1.807) is 4.90 Å². The van der Waals surface area contributed by atoms with Gasteiger partial charge in [0.1, 0.15) is 5.54 Å². The molecule has 0 aromatic rings. The first-order valence-electron chi connectivity index (χ1n) is 7.47. The lowest BCUT2D eigenvalue weighted by molar-refractivity contribution is -0.189. The number of hydrogen-bond acceptors (Lipinski definition) is 2. The van der Waals surface area contributed by atoms with Gasteiger partial charge in [-0.05, 0) is 69.6 Å². The first-order valence-corrected chi connectivity index (χ1v) is 7.47. The van der Waals surface area contributed by atoms with Crippen molar-refractivity contribution in [2.24, 2.45) is 23.7 Å². The lowest BCUT2D eigenvalue weighted by Gasteiger charge is -2.62. The van der Waals surface area contributed by atoms with Crippen LogP contribution in [0.3, 0.4) is 0 Å². The number of carbonyl (C=O) groups excluding carboxylic acids is 1. The maximum atomic E-state index is 12.1. The maximum Gasteiger partial charge on any atom is 0.330 e. The van der Waals surface area contributed by atoms with E-state index in [9.17, 15) is 14.7 Å². The Morgan fingerprint density at radius 3 is 1.95 bits per heavy atom. The molecule has 1 amide bonds. The van der Waals surface area contributed by atoms with Crippen LogP contribution in [-0.2, 0) is 9.59 Å². The van der Waals surface area contributed by atoms with Gasteiger partial charge in [-0.3, -0.25) is 4.79 Å². The molecule has 0 saturated heterocycles. The zero-order valence-corrected chi connectivity index (χ0v) is 11.7. The largest absolute Gasteiger partial charge is 0.479 e. The second kappa shape index (κ2) is 4.22. The van der Waals surface area contributed by atoms with Gasteiger partial charge in [0.25, 0.3) is 0 Å². The number of carboxylic acids is 1. The van der Waals surface area contributed by atoms with Crippen LogP contribution < -0.4 is 0 Å². The van der Waals surface area contributed by atoms with Gasteiger partial charge in [0.2, 0.25) is 6.41 Å². The highest BCUT2D eigenvalue weighted by molar-refractivity contribution is 5.83. The molecule has 4 nitrogen and oxygen atoms in total. The number of amides is 1. The van der Waals surface area contributed by atoms with Crippen molar-refractivity contribution < 1.29 is 14.7 Å². The molecule has 4 bridgehead atoms. The zero-order valence-electron chi connectivity index (χ0n) is 11.7. The highest BCUT2D eigenvalue weighted by Gasteiger charge is 2.64. The molecule has 1 N–H and O–H groups in total. The molecule has 19 heavy (non-hydrogen) atoms. The predicted molar refractivity (Wildman–Crippen MR) is 70.5 cm³/mol. The van der Waals surface area contributed by atoms with Crippen LogP contribution in [-0.4, -0.2) is 34.0 Å². The van der Waals surface area contributed by atoms with E-state index in [1.807, 2.05) is 13.8 Å². The molecule has 4 saturated carbocycles. The number of hydrogen-bond donors (Lipinski definition) is 1. The van der Waals surface area contributed by atoms with Crippen LogP contribution >= 0.6 is 0 Å². The van der Waals surface area contributed by atoms with Crippen LogP contribution in [0.4, 0.5) is 0 Å². The second-order valence-electron chi connectivity index (χ2n) is 7.04. The van der Waals surface area contributed by atoms with E-state index in [-0.39, 0.29) is 17.9 Å². The molecule has 0 atom stereocenters. The van der Waals surface area contributed by atoms with Gasteiger partial charge in [0.15, 0.2) is 0 Å². The number of rotatable bonds is 4. The number of carboxylic acid groups (broad SMARTS) is 1. The summed E-state index contributed by atoms with van der Waals surface area (Å²) < 4.78 is 0. The van der Waals surface area contributed by atoms with Crippen LogP contribution in [0.15, 0.2) is 0 Å². The summed E-state index contributed by atoms with van der Waals surface area (Å²) in [6.45, 7) is 3.84. The Morgan fingerprint density at radius 2 is 1.63 bits per heavy atom. The van der Waals surface area contributed by atoms with E-state index >= 15 is 0 Å². The van der Waals surface area contributed by atoms with Crippen LogP contribution in [0.1, 0.15) is 46.0 Å². The van der Waals surface area contributed by atoms with Crippen LogP contribution in [0.5, 0.6) is 0 Å². The summed E-state index contributed by atoms with van der Waals surface area (Å²) in [7, 11) is 0. The summed E-state index contributed by atoms with van der Waals surface area (Å²) in [5.74, 6) is 0.955. The summed E-state index contributed by atoms with van der Waals surface area (Å²) >= 11 is 0. The Morgan fingerprint density at radius 1 is 1.16 bits per heavy atom. The van der Waals surface area contributed by atoms with Crippen LogP contribution in [0.25, 0.3) is 0 Å². The third kappa shape index (κ3) is 1.58. The van der Waals surface area contributed by atoms with Gasteiger partial charge in [-0.25, -0.2) is 4.79 Å². The second-order valence-corrected chi connectivity index (χ2v) is 7.04. The SMILES string of the molecule is CC(C)N(C=O)C1(C(=O)O)C2CC3CC(C2)CC1C3. The van der Waals surface area contributed by atoms with Gasteiger partial charge < -0.3 is 10.0 Å². The molecule has 0 aromatic carbocycles. The molecule has 0 aliphatic heterocycles. The molecule has 0 aromatic heterocycles. The van der Waals surface area contributed by atoms with Gasteiger partial charge in [0.05, 0.1) is 0 Å². The minimum absolute atomic E-state index is 0.0499. The number of carbonyl (C=O) groups is 2. The van der Waals surface area contributed by atoms with E-state index in [4.69, 9.17) is 0 Å². The third-order valence-corrected chi connectivity index (χ3v) is 5.82. The first-order chi connectivity index (χ1) is 9.00. The van der Waals surface area contributed by atoms with E-state index < -0.39 is 11.5 Å². The zero-order chi connectivity index (χ0) is 13.8. The fraction of sp³-hybridized carbons (Fsp3) is 0.867. The third-order valence-electron chi connectivity index (χ3n) is 5.82. The van der Waals surface area contributed by atoms with Gasteiger partial charge in [-0.15, -0.1) is 0 Å². The predicted octanol–water partition coefficient (Wildman–Crippen LogP) is 2.13. The molecular weight excluding hydrogens is 242 g/mol. The van der Waals surface area contributed by atoms with Gasteiger partial charge in [-0.2, -0.15) is 0 Å². The van der Waals surface area contributed by atoms with E-state index in [0.29, 0.717) is 11.8 Å². The lowest BCUT2D eigenvalue weighted by Crippen LogP contribution is -2.70. The first kappa shape index (κ1) is 12.9. The van der Waals surface area contributed by atoms with E-state index in [0.717, 1.165) is 32.1 Å². The summed E-state index contributed by atoms with van der Waals surface area (Å²) in [6.07, 6.45) is 6.05. The molecule has 4 aliphatic carbocycles. The van der Waals surface area contributed by atoms with Crippen molar-refractivity contribution in [1.82, 2.24) is 4.90 Å². The van der Waals surface area contributed by atoms with Crippen molar-refractivity contribution in [2.45, 2.75) is 57.5 Å². The highest BCUT2D eigenvalue weighted by Crippen LogP contribution is 2.60. The number of aliphatic carboxylic acids is 1. The van der Waals surface area contributed by atoms with E-state index in [2.05, 4.69) is 0 Å². The Hall–Kier alpha value is -1.06. The summed E-state index contributed by atoms with van der Waals surface area (Å²) in [4.78, 5) is 25.3. The van der Waals surface area contributed by atoms with E-state index in [1.165, 1.54) is 6.42 Å². The van der Waals surface area contributed by atoms with Gasteiger partial charge in [-0.1, -0.05) is 0 Å². The average molecular weight is 265 g/mol. The summed E-state index contributed by atoms with van der Waals surface area (Å²) in [5, 5.41) is 9.95. The fourth-order valence-corrected chi connectivity index (χ4v) is 5.42. The molecule has 4 fully saturated rings. The smallest absolute Gasteiger partial charge is 0.330 e. The van der Waals surface area contributed by atoms with Gasteiger partial charge >= 0.3 is 5.97 Å². The van der Waals surface area contributed by atoms with Crippen LogP contribution in [0.2, 0.25) is 0 Å². The van der Waals surface area contributed by atoms with Crippen molar-refractivity contribution in [3.05, 3.63) is 0 Å². The maximum absolute atomic E-state index is 12.1. The molecule has 0 heterocycles. The fourth-order valence-electron chi connectivity index (χ4n) is 5.42. The van der Waals surface area contributed by atoms with Crippen molar-refractivity contribution in [3.63, 3.8) is 0 Å².